The normalized spacial score (nSPS) is 10.3. The number of carbonyl (C=O) groups excluding carboxylic acids is 1. The van der Waals surface area contributed by atoms with Gasteiger partial charge in [0.25, 0.3) is 5.91 Å². The van der Waals surface area contributed by atoms with Crippen LogP contribution in [0.5, 0.6) is 0 Å². The highest BCUT2D eigenvalue weighted by Gasteiger charge is 2.10. The van der Waals surface area contributed by atoms with E-state index in [0.29, 0.717) is 17.8 Å². The fourth-order valence-electron chi connectivity index (χ4n) is 1.86. The maximum atomic E-state index is 11.9. The number of carbonyl (C=O) groups is 1. The number of nitrogens with two attached hydrogens (primary N) is 1. The highest BCUT2D eigenvalue weighted by Crippen LogP contribution is 2.23. The summed E-state index contributed by atoms with van der Waals surface area (Å²) in [6, 6.07) is 9.50. The Morgan fingerprint density at radius 1 is 1.30 bits per heavy atom. The Kier molecular flexibility index (Phi) is 4.29. The molecule has 0 saturated heterocycles. The van der Waals surface area contributed by atoms with Crippen LogP contribution in [0.25, 0.3) is 0 Å². The number of benzene rings is 1. The van der Waals surface area contributed by atoms with E-state index in [1.54, 1.807) is 48.5 Å². The van der Waals surface area contributed by atoms with Crippen LogP contribution in [0.1, 0.15) is 20.1 Å². The second kappa shape index (κ2) is 5.96. The van der Waals surface area contributed by atoms with Crippen LogP contribution < -0.4 is 11.1 Å². The second-order valence-electron chi connectivity index (χ2n) is 4.87. The molecule has 20 heavy (non-hydrogen) atoms. The summed E-state index contributed by atoms with van der Waals surface area (Å²) in [5.41, 5.74) is 8.03. The minimum Gasteiger partial charge on any atom is -0.397 e. The van der Waals surface area contributed by atoms with Crippen molar-refractivity contribution in [3.05, 3.63) is 45.6 Å². The Labute approximate surface area is 123 Å². The Hall–Kier alpha value is -2.01. The third kappa shape index (κ3) is 3.30. The molecule has 0 spiro atoms. The highest BCUT2D eigenvalue weighted by atomic mass is 32.1. The molecule has 1 heterocycles. The number of nitrogens with one attached hydrogen (secondary N) is 1. The van der Waals surface area contributed by atoms with E-state index in [4.69, 9.17) is 5.73 Å². The standard InChI is InChI=1S/C15H19N3OS/c1-10-4-6-12(20-10)9-17-14-8-11(5-7-13(14)16)15(19)18(2)3/h4-8,17H,9,16H2,1-3H3. The van der Waals surface area contributed by atoms with Crippen LogP contribution in [-0.2, 0) is 6.54 Å². The van der Waals surface area contributed by atoms with E-state index >= 15 is 0 Å². The maximum Gasteiger partial charge on any atom is 0.253 e. The summed E-state index contributed by atoms with van der Waals surface area (Å²) in [7, 11) is 3.47. The summed E-state index contributed by atoms with van der Waals surface area (Å²) in [4.78, 5) is 16.0. The number of thiophene rings is 1. The van der Waals surface area contributed by atoms with Crippen LogP contribution in [-0.4, -0.2) is 24.9 Å². The van der Waals surface area contributed by atoms with Crippen molar-refractivity contribution in [3.63, 3.8) is 0 Å². The SMILES string of the molecule is Cc1ccc(CNc2cc(C(=O)N(C)C)ccc2N)s1. The van der Waals surface area contributed by atoms with E-state index in [1.165, 1.54) is 9.75 Å². The summed E-state index contributed by atoms with van der Waals surface area (Å²) in [6.07, 6.45) is 0. The zero-order valence-electron chi connectivity index (χ0n) is 11.9. The Balaban J connectivity index is 2.14. The third-order valence-corrected chi connectivity index (χ3v) is 3.96. The lowest BCUT2D eigenvalue weighted by atomic mass is 10.1. The summed E-state index contributed by atoms with van der Waals surface area (Å²) in [5.74, 6) is -0.0278. The van der Waals surface area contributed by atoms with E-state index in [1.807, 2.05) is 0 Å². The maximum absolute atomic E-state index is 11.9. The quantitative estimate of drug-likeness (QED) is 0.851. The first-order chi connectivity index (χ1) is 9.47. The molecule has 3 N–H and O–H groups in total. The summed E-state index contributed by atoms with van der Waals surface area (Å²) in [5, 5.41) is 3.29. The molecular weight excluding hydrogens is 270 g/mol. The number of hydrogen-bond donors (Lipinski definition) is 2. The minimum absolute atomic E-state index is 0.0278. The average Bonchev–Trinajstić information content (AvgIpc) is 2.82. The summed E-state index contributed by atoms with van der Waals surface area (Å²) < 4.78 is 0. The number of anilines is 2. The first-order valence-corrected chi connectivity index (χ1v) is 7.19. The summed E-state index contributed by atoms with van der Waals surface area (Å²) in [6.45, 7) is 2.79. The van der Waals surface area contributed by atoms with Gasteiger partial charge in [-0.1, -0.05) is 0 Å². The largest absolute Gasteiger partial charge is 0.397 e. The molecule has 0 aliphatic carbocycles. The van der Waals surface area contributed by atoms with Crippen molar-refractivity contribution < 1.29 is 4.79 Å². The Bertz CT molecular complexity index is 619. The van der Waals surface area contributed by atoms with Crippen LogP contribution in [0.2, 0.25) is 0 Å². The molecular formula is C15H19N3OS. The molecule has 4 nitrogen and oxygen atoms in total. The predicted octanol–water partition coefficient (Wildman–Crippen LogP) is 2.95. The van der Waals surface area contributed by atoms with E-state index in [9.17, 15) is 4.79 Å². The molecule has 0 bridgehead atoms. The highest BCUT2D eigenvalue weighted by molar-refractivity contribution is 7.11. The smallest absolute Gasteiger partial charge is 0.253 e. The van der Waals surface area contributed by atoms with Crippen LogP contribution in [0.4, 0.5) is 11.4 Å². The van der Waals surface area contributed by atoms with Gasteiger partial charge in [0.1, 0.15) is 0 Å². The number of rotatable bonds is 4. The molecule has 0 aliphatic rings. The van der Waals surface area contributed by atoms with Crippen molar-refractivity contribution in [1.29, 1.82) is 0 Å². The Morgan fingerprint density at radius 3 is 2.65 bits per heavy atom. The van der Waals surface area contributed by atoms with E-state index in [-0.39, 0.29) is 5.91 Å². The van der Waals surface area contributed by atoms with Crippen LogP contribution in [0.3, 0.4) is 0 Å². The predicted molar refractivity (Wildman–Crippen MR) is 85.3 cm³/mol. The molecule has 0 atom stereocenters. The van der Waals surface area contributed by atoms with Crippen molar-refractivity contribution in [2.45, 2.75) is 13.5 Å². The third-order valence-electron chi connectivity index (χ3n) is 2.96. The molecule has 106 valence electrons. The van der Waals surface area contributed by atoms with Gasteiger partial charge in [-0.05, 0) is 37.3 Å². The van der Waals surface area contributed by atoms with Gasteiger partial charge in [-0.15, -0.1) is 11.3 Å². The fourth-order valence-corrected chi connectivity index (χ4v) is 2.69. The van der Waals surface area contributed by atoms with Gasteiger partial charge in [-0.25, -0.2) is 0 Å². The zero-order valence-corrected chi connectivity index (χ0v) is 12.8. The van der Waals surface area contributed by atoms with Crippen LogP contribution in [0, 0.1) is 6.92 Å². The number of aryl methyl sites for hydroxylation is 1. The molecule has 1 aromatic heterocycles. The molecule has 0 radical (unpaired) electrons. The molecule has 0 aliphatic heterocycles. The van der Waals surface area contributed by atoms with Gasteiger partial charge in [-0.3, -0.25) is 4.79 Å². The van der Waals surface area contributed by atoms with Crippen molar-refractivity contribution in [2.75, 3.05) is 25.1 Å². The van der Waals surface area contributed by atoms with Gasteiger partial charge in [0, 0.05) is 36.0 Å². The Morgan fingerprint density at radius 2 is 2.05 bits per heavy atom. The molecule has 1 amide bonds. The lowest BCUT2D eigenvalue weighted by Gasteiger charge is -2.13. The van der Waals surface area contributed by atoms with Gasteiger partial charge in [0.15, 0.2) is 0 Å². The van der Waals surface area contributed by atoms with Gasteiger partial charge in [-0.2, -0.15) is 0 Å². The van der Waals surface area contributed by atoms with Crippen LogP contribution in [0.15, 0.2) is 30.3 Å². The molecule has 2 aromatic rings. The van der Waals surface area contributed by atoms with Gasteiger partial charge >= 0.3 is 0 Å². The first kappa shape index (κ1) is 14.4. The molecule has 5 heteroatoms. The average molecular weight is 289 g/mol. The number of nitrogens with zero attached hydrogens (tertiary/aromatic N) is 1. The van der Waals surface area contributed by atoms with E-state index in [2.05, 4.69) is 24.4 Å². The van der Waals surface area contributed by atoms with Gasteiger partial charge in [0.2, 0.25) is 0 Å². The van der Waals surface area contributed by atoms with Crippen molar-refractivity contribution in [2.24, 2.45) is 0 Å². The van der Waals surface area contributed by atoms with Gasteiger partial charge < -0.3 is 16.0 Å². The van der Waals surface area contributed by atoms with Crippen molar-refractivity contribution in [3.8, 4) is 0 Å². The van der Waals surface area contributed by atoms with Gasteiger partial charge in [0.05, 0.1) is 11.4 Å². The summed E-state index contributed by atoms with van der Waals surface area (Å²) >= 11 is 1.75. The fraction of sp³-hybridized carbons (Fsp3) is 0.267. The molecule has 0 saturated carbocycles. The molecule has 1 aromatic carbocycles. The lowest BCUT2D eigenvalue weighted by Crippen LogP contribution is -2.21. The number of hydrogen-bond acceptors (Lipinski definition) is 4. The molecule has 0 fully saturated rings. The minimum atomic E-state index is -0.0278. The number of nitrogen functional groups attached to an aromatic ring is 1. The van der Waals surface area contributed by atoms with Crippen molar-refractivity contribution >= 4 is 28.6 Å². The lowest BCUT2D eigenvalue weighted by molar-refractivity contribution is 0.0827. The second-order valence-corrected chi connectivity index (χ2v) is 6.24. The topological polar surface area (TPSA) is 58.4 Å². The molecule has 0 unspecified atom stereocenters. The van der Waals surface area contributed by atoms with Crippen molar-refractivity contribution in [1.82, 2.24) is 4.90 Å². The van der Waals surface area contributed by atoms with E-state index in [0.717, 1.165) is 5.69 Å². The zero-order chi connectivity index (χ0) is 14.7. The van der Waals surface area contributed by atoms with E-state index < -0.39 is 0 Å². The monoisotopic (exact) mass is 289 g/mol. The first-order valence-electron chi connectivity index (χ1n) is 6.37. The van der Waals surface area contributed by atoms with Crippen LogP contribution >= 0.6 is 11.3 Å². The number of amides is 1. The molecule has 2 rings (SSSR count).